The van der Waals surface area contributed by atoms with Gasteiger partial charge >= 0.3 is 5.97 Å². The smallest absolute Gasteiger partial charge is 0.307 e. The van der Waals surface area contributed by atoms with E-state index < -0.39 is 5.97 Å². The van der Waals surface area contributed by atoms with Crippen molar-refractivity contribution in [1.29, 1.82) is 0 Å². The van der Waals surface area contributed by atoms with Gasteiger partial charge in [-0.1, -0.05) is 32.9 Å². The highest BCUT2D eigenvalue weighted by Gasteiger charge is 1.97. The van der Waals surface area contributed by atoms with Crippen molar-refractivity contribution in [3.05, 3.63) is 35.9 Å². The van der Waals surface area contributed by atoms with E-state index in [4.69, 9.17) is 5.11 Å². The quantitative estimate of drug-likeness (QED) is 0.816. The van der Waals surface area contributed by atoms with Gasteiger partial charge in [0.15, 0.2) is 0 Å². The summed E-state index contributed by atoms with van der Waals surface area (Å²) in [4.78, 5) is 18.2. The van der Waals surface area contributed by atoms with Crippen LogP contribution in [0.5, 0.6) is 0 Å². The Bertz CT molecular complexity index is 353. The average Bonchev–Trinajstić information content (AvgIpc) is 2.39. The second-order valence-electron chi connectivity index (χ2n) is 3.63. The number of carboxylic acids is 1. The molecule has 0 aliphatic heterocycles. The molecule has 0 aliphatic carbocycles. The number of nitrogens with zero attached hydrogens (tertiary/aromatic N) is 2. The van der Waals surface area contributed by atoms with E-state index in [2.05, 4.69) is 23.8 Å². The van der Waals surface area contributed by atoms with Crippen LogP contribution in [-0.2, 0) is 17.6 Å². The van der Waals surface area contributed by atoms with Crippen LogP contribution in [0.3, 0.4) is 0 Å². The van der Waals surface area contributed by atoms with Crippen molar-refractivity contribution in [2.24, 2.45) is 0 Å². The van der Waals surface area contributed by atoms with E-state index in [-0.39, 0.29) is 6.42 Å². The molecular weight excluding hydrogens is 228 g/mol. The highest BCUT2D eigenvalue weighted by molar-refractivity contribution is 5.68. The maximum atomic E-state index is 9.82. The highest BCUT2D eigenvalue weighted by atomic mass is 16.4. The minimum Gasteiger partial charge on any atom is -0.481 e. The summed E-state index contributed by atoms with van der Waals surface area (Å²) in [6.45, 7) is 6.17. The molecule has 1 rings (SSSR count). The Balaban J connectivity index is 0.000000331. The number of aromatic nitrogens is 2. The maximum Gasteiger partial charge on any atom is 0.307 e. The molecule has 0 unspecified atom stereocenters. The van der Waals surface area contributed by atoms with E-state index >= 15 is 0 Å². The van der Waals surface area contributed by atoms with Crippen molar-refractivity contribution < 1.29 is 9.90 Å². The molecule has 4 heteroatoms. The van der Waals surface area contributed by atoms with Gasteiger partial charge in [0.25, 0.3) is 0 Å². The lowest BCUT2D eigenvalue weighted by Gasteiger charge is -1.99. The van der Waals surface area contributed by atoms with Gasteiger partial charge in [-0.3, -0.25) is 14.8 Å². The van der Waals surface area contributed by atoms with E-state index in [1.54, 1.807) is 18.5 Å². The summed E-state index contributed by atoms with van der Waals surface area (Å²) >= 11 is 0. The SMILES string of the molecule is CCC=CCC(=O)O.CCc1nccnc1CC. The molecule has 1 heterocycles. The average molecular weight is 250 g/mol. The van der Waals surface area contributed by atoms with Crippen LogP contribution in [0.25, 0.3) is 0 Å². The molecule has 0 saturated carbocycles. The zero-order valence-corrected chi connectivity index (χ0v) is 11.4. The first-order valence-electron chi connectivity index (χ1n) is 6.31. The van der Waals surface area contributed by atoms with Gasteiger partial charge in [-0.2, -0.15) is 0 Å². The number of aliphatic carboxylic acids is 1. The van der Waals surface area contributed by atoms with E-state index in [1.165, 1.54) is 0 Å². The molecule has 0 spiro atoms. The minimum absolute atomic E-state index is 0.147. The second-order valence-corrected chi connectivity index (χ2v) is 3.63. The van der Waals surface area contributed by atoms with Gasteiger partial charge in [0.05, 0.1) is 17.8 Å². The summed E-state index contributed by atoms with van der Waals surface area (Å²) in [5, 5.41) is 8.09. The number of aryl methyl sites for hydroxylation is 2. The molecule has 0 radical (unpaired) electrons. The molecule has 0 bridgehead atoms. The van der Waals surface area contributed by atoms with Gasteiger partial charge in [-0.05, 0) is 19.3 Å². The standard InChI is InChI=1S/C8H12N2.C6H10O2/c1-3-7-8(4-2)10-6-5-9-7;1-2-3-4-5-6(7)8/h5-6H,3-4H2,1-2H3;3-4H,2,5H2,1H3,(H,7,8). The van der Waals surface area contributed by atoms with E-state index in [0.717, 1.165) is 30.7 Å². The third-order valence-corrected chi connectivity index (χ3v) is 2.23. The van der Waals surface area contributed by atoms with E-state index in [0.29, 0.717) is 0 Å². The molecule has 18 heavy (non-hydrogen) atoms. The largest absolute Gasteiger partial charge is 0.481 e. The van der Waals surface area contributed by atoms with Gasteiger partial charge in [0.2, 0.25) is 0 Å². The Morgan fingerprint density at radius 2 is 1.61 bits per heavy atom. The summed E-state index contributed by atoms with van der Waals surface area (Å²) in [6.07, 6.45) is 10.0. The summed E-state index contributed by atoms with van der Waals surface area (Å²) < 4.78 is 0. The first-order valence-corrected chi connectivity index (χ1v) is 6.31. The van der Waals surface area contributed by atoms with Gasteiger partial charge in [0, 0.05) is 12.4 Å². The Hall–Kier alpha value is -1.71. The molecule has 0 aliphatic rings. The summed E-state index contributed by atoms with van der Waals surface area (Å²) in [6, 6.07) is 0. The number of allylic oxidation sites excluding steroid dienone is 1. The van der Waals surface area contributed by atoms with Gasteiger partial charge in [0.1, 0.15) is 0 Å². The lowest BCUT2D eigenvalue weighted by molar-refractivity contribution is -0.136. The Kier molecular flexibility index (Phi) is 9.45. The van der Waals surface area contributed by atoms with Crippen molar-refractivity contribution in [2.75, 3.05) is 0 Å². The van der Waals surface area contributed by atoms with Crippen LogP contribution in [0, 0.1) is 0 Å². The molecular formula is C14H22N2O2. The van der Waals surface area contributed by atoms with Crippen molar-refractivity contribution >= 4 is 5.97 Å². The third-order valence-electron chi connectivity index (χ3n) is 2.23. The maximum absolute atomic E-state index is 9.82. The number of rotatable bonds is 5. The van der Waals surface area contributed by atoms with Crippen LogP contribution in [0.4, 0.5) is 0 Å². The number of hydrogen-bond donors (Lipinski definition) is 1. The molecule has 0 aromatic carbocycles. The van der Waals surface area contributed by atoms with Gasteiger partial charge in [-0.15, -0.1) is 0 Å². The van der Waals surface area contributed by atoms with E-state index in [9.17, 15) is 4.79 Å². The van der Waals surface area contributed by atoms with Crippen molar-refractivity contribution in [2.45, 2.75) is 46.5 Å². The Labute approximate surface area is 109 Å². The molecule has 1 N–H and O–H groups in total. The molecule has 0 fully saturated rings. The number of carbonyl (C=O) groups is 1. The topological polar surface area (TPSA) is 63.1 Å². The molecule has 1 aromatic heterocycles. The molecule has 4 nitrogen and oxygen atoms in total. The molecule has 0 saturated heterocycles. The number of hydrogen-bond acceptors (Lipinski definition) is 3. The lowest BCUT2D eigenvalue weighted by atomic mass is 10.2. The van der Waals surface area contributed by atoms with Crippen molar-refractivity contribution in [3.8, 4) is 0 Å². The normalized spacial score (nSPS) is 9.94. The van der Waals surface area contributed by atoms with Crippen molar-refractivity contribution in [3.63, 3.8) is 0 Å². The van der Waals surface area contributed by atoms with Crippen LogP contribution in [0.1, 0.15) is 45.0 Å². The van der Waals surface area contributed by atoms with Crippen LogP contribution in [0.2, 0.25) is 0 Å². The number of carboxylic acid groups (broad SMARTS) is 1. The molecule has 100 valence electrons. The van der Waals surface area contributed by atoms with Crippen LogP contribution in [0.15, 0.2) is 24.5 Å². The Morgan fingerprint density at radius 1 is 1.11 bits per heavy atom. The summed E-state index contributed by atoms with van der Waals surface area (Å²) in [5.74, 6) is -0.769. The first-order chi connectivity index (χ1) is 8.65. The highest BCUT2D eigenvalue weighted by Crippen LogP contribution is 2.01. The van der Waals surface area contributed by atoms with Gasteiger partial charge in [-0.25, -0.2) is 0 Å². The fourth-order valence-corrected chi connectivity index (χ4v) is 1.34. The van der Waals surface area contributed by atoms with Gasteiger partial charge < -0.3 is 5.11 Å². The lowest BCUT2D eigenvalue weighted by Crippen LogP contribution is -1.96. The fraction of sp³-hybridized carbons (Fsp3) is 0.500. The van der Waals surface area contributed by atoms with Crippen LogP contribution < -0.4 is 0 Å². The van der Waals surface area contributed by atoms with E-state index in [1.807, 2.05) is 13.0 Å². The zero-order valence-electron chi connectivity index (χ0n) is 11.4. The molecule has 1 aromatic rings. The zero-order chi connectivity index (χ0) is 13.8. The van der Waals surface area contributed by atoms with Crippen molar-refractivity contribution in [1.82, 2.24) is 9.97 Å². The summed E-state index contributed by atoms with van der Waals surface area (Å²) in [5.41, 5.74) is 2.26. The second kappa shape index (κ2) is 10.4. The molecule has 0 amide bonds. The van der Waals surface area contributed by atoms with Crippen LogP contribution in [-0.4, -0.2) is 21.0 Å². The van der Waals surface area contributed by atoms with Crippen LogP contribution >= 0.6 is 0 Å². The molecule has 0 atom stereocenters. The predicted octanol–water partition coefficient (Wildman–Crippen LogP) is 3.03. The Morgan fingerprint density at radius 3 is 1.94 bits per heavy atom. The first kappa shape index (κ1) is 16.3. The fourth-order valence-electron chi connectivity index (χ4n) is 1.34. The summed E-state index contributed by atoms with van der Waals surface area (Å²) in [7, 11) is 0. The minimum atomic E-state index is -0.769. The predicted molar refractivity (Wildman–Crippen MR) is 72.5 cm³/mol. The third kappa shape index (κ3) is 7.54. The monoisotopic (exact) mass is 250 g/mol.